The van der Waals surface area contributed by atoms with Crippen LogP contribution in [0.25, 0.3) is 33.3 Å². The highest BCUT2D eigenvalue weighted by Gasteiger charge is 2.30. The second-order valence-corrected chi connectivity index (χ2v) is 18.4. The van der Waals surface area contributed by atoms with E-state index < -0.39 is 24.1 Å². The smallest absolute Gasteiger partial charge is 0.347 e. The summed E-state index contributed by atoms with van der Waals surface area (Å²) in [6.45, 7) is 1.33. The summed E-state index contributed by atoms with van der Waals surface area (Å²) in [5, 5.41) is 8.54. The monoisotopic (exact) mass is 1080 g/mol. The number of nitrogens with zero attached hydrogens (tertiary/aromatic N) is 6. The van der Waals surface area contributed by atoms with Gasteiger partial charge in [0.1, 0.15) is 46.8 Å². The first-order chi connectivity index (χ1) is 34.1. The SMILES string of the molecule is COC(=O)[C@@H](Cc1ccccc1OCC1CC1)Oc1ncnn2cc(-c3ccc(F)cc3)c(Br)c12.COC(=O)[C@H](Cc1ccccc1OCC1CC1)Oc1ncnn2cc(-c3ccc(F)cc3)c(Br)c12. The third-order valence-electron chi connectivity index (χ3n) is 11.8. The van der Waals surface area contributed by atoms with E-state index in [1.165, 1.54) is 76.8 Å². The van der Waals surface area contributed by atoms with Crippen molar-refractivity contribution in [3.8, 4) is 45.5 Å². The van der Waals surface area contributed by atoms with E-state index in [4.69, 9.17) is 28.4 Å². The van der Waals surface area contributed by atoms with Crippen molar-refractivity contribution in [1.82, 2.24) is 29.2 Å². The molecule has 0 N–H and O–H groups in total. The van der Waals surface area contributed by atoms with Gasteiger partial charge < -0.3 is 28.4 Å². The fourth-order valence-electron chi connectivity index (χ4n) is 7.62. The molecule has 0 aliphatic heterocycles. The Morgan fingerprint density at radius 1 is 0.600 bits per heavy atom. The summed E-state index contributed by atoms with van der Waals surface area (Å²) in [5.74, 6) is 1.40. The summed E-state index contributed by atoms with van der Waals surface area (Å²) in [4.78, 5) is 34.0. The molecule has 2 saturated carbocycles. The number of methoxy groups -OCH3 is 2. The van der Waals surface area contributed by atoms with Crippen LogP contribution in [0.5, 0.6) is 23.3 Å². The van der Waals surface area contributed by atoms with Crippen LogP contribution in [0, 0.1) is 23.5 Å². The molecule has 8 aromatic rings. The molecule has 0 unspecified atom stereocenters. The lowest BCUT2D eigenvalue weighted by molar-refractivity contribution is -0.149. The molecule has 0 bridgehead atoms. The number of hydrogen-bond acceptors (Lipinski definition) is 12. The lowest BCUT2D eigenvalue weighted by Gasteiger charge is -2.19. The van der Waals surface area contributed by atoms with Crippen LogP contribution in [0.3, 0.4) is 0 Å². The van der Waals surface area contributed by atoms with Gasteiger partial charge in [0.05, 0.1) is 36.4 Å². The van der Waals surface area contributed by atoms with Crippen LogP contribution in [0.2, 0.25) is 0 Å². The second-order valence-electron chi connectivity index (χ2n) is 16.8. The summed E-state index contributed by atoms with van der Waals surface area (Å²) in [5.41, 5.74) is 5.91. The summed E-state index contributed by atoms with van der Waals surface area (Å²) >= 11 is 7.22. The zero-order valence-corrected chi connectivity index (χ0v) is 41.1. The lowest BCUT2D eigenvalue weighted by Crippen LogP contribution is -2.31. The number of carbonyl (C=O) groups excluding carboxylic acids is 2. The Morgan fingerprint density at radius 3 is 1.36 bits per heavy atom. The first-order valence-corrected chi connectivity index (χ1v) is 24.1. The Hall–Kier alpha value is -6.92. The van der Waals surface area contributed by atoms with E-state index in [9.17, 15) is 18.4 Å². The molecule has 2 aliphatic rings. The van der Waals surface area contributed by atoms with Crippen LogP contribution in [0.15, 0.2) is 131 Å². The predicted octanol–water partition coefficient (Wildman–Crippen LogP) is 10.5. The van der Waals surface area contributed by atoms with Crippen LogP contribution < -0.4 is 18.9 Å². The van der Waals surface area contributed by atoms with E-state index in [0.717, 1.165) is 44.9 Å². The molecule has 0 amide bonds. The summed E-state index contributed by atoms with van der Waals surface area (Å²) < 4.78 is 65.7. The number of ether oxygens (including phenoxy) is 6. The van der Waals surface area contributed by atoms with Crippen molar-refractivity contribution in [2.24, 2.45) is 11.8 Å². The zero-order valence-electron chi connectivity index (χ0n) is 38.0. The van der Waals surface area contributed by atoms with Gasteiger partial charge in [-0.2, -0.15) is 20.2 Å². The van der Waals surface area contributed by atoms with Gasteiger partial charge in [-0.25, -0.2) is 27.4 Å². The maximum Gasteiger partial charge on any atom is 0.347 e. The van der Waals surface area contributed by atoms with E-state index in [1.54, 1.807) is 45.7 Å². The highest BCUT2D eigenvalue weighted by Crippen LogP contribution is 2.39. The average molecular weight is 1080 g/mol. The molecule has 0 radical (unpaired) electrons. The highest BCUT2D eigenvalue weighted by atomic mass is 79.9. The minimum atomic E-state index is -0.958. The van der Waals surface area contributed by atoms with Crippen LogP contribution in [0.1, 0.15) is 36.8 Å². The zero-order chi connectivity index (χ0) is 48.7. The van der Waals surface area contributed by atoms with Gasteiger partial charge in [-0.1, -0.05) is 60.7 Å². The van der Waals surface area contributed by atoms with Gasteiger partial charge in [-0.3, -0.25) is 0 Å². The van der Waals surface area contributed by atoms with Crippen LogP contribution in [-0.4, -0.2) is 80.8 Å². The molecule has 0 saturated heterocycles. The van der Waals surface area contributed by atoms with Crippen molar-refractivity contribution >= 4 is 54.8 Å². The molecule has 360 valence electrons. The normalized spacial score (nSPS) is 14.0. The number of hydrogen-bond donors (Lipinski definition) is 0. The minimum Gasteiger partial charge on any atom is -0.493 e. The van der Waals surface area contributed by atoms with Gasteiger partial charge >= 0.3 is 11.9 Å². The van der Waals surface area contributed by atoms with Crippen molar-refractivity contribution in [2.45, 2.75) is 50.7 Å². The maximum atomic E-state index is 13.4. The van der Waals surface area contributed by atoms with E-state index in [0.29, 0.717) is 45.0 Å². The molecule has 14 nitrogen and oxygen atoms in total. The summed E-state index contributed by atoms with van der Waals surface area (Å²) in [6, 6.07) is 27.5. The number of benzene rings is 4. The second kappa shape index (κ2) is 21.8. The van der Waals surface area contributed by atoms with E-state index in [1.807, 2.05) is 48.5 Å². The fraction of sp³-hybridized carbons (Fsp3) is 0.269. The average Bonchev–Trinajstić information content (AvgIpc) is 4.33. The van der Waals surface area contributed by atoms with Gasteiger partial charge in [0.15, 0.2) is 0 Å². The summed E-state index contributed by atoms with van der Waals surface area (Å²) in [6.07, 6.45) is 9.59. The highest BCUT2D eigenvalue weighted by molar-refractivity contribution is 9.11. The van der Waals surface area contributed by atoms with E-state index in [-0.39, 0.29) is 36.2 Å². The number of aromatic nitrogens is 6. The van der Waals surface area contributed by atoms with Crippen molar-refractivity contribution in [3.63, 3.8) is 0 Å². The van der Waals surface area contributed by atoms with Gasteiger partial charge in [-0.15, -0.1) is 0 Å². The first kappa shape index (κ1) is 48.1. The molecular formula is C52H46Br2F2N6O8. The fourth-order valence-corrected chi connectivity index (χ4v) is 8.99. The van der Waals surface area contributed by atoms with Crippen molar-refractivity contribution in [1.29, 1.82) is 0 Å². The summed E-state index contributed by atoms with van der Waals surface area (Å²) in [7, 11) is 2.65. The molecule has 4 heterocycles. The standard InChI is InChI=1S/2C26H23BrFN3O4/c2*1-33-26(32)22(12-18-4-2-3-5-21(18)34-14-16-6-7-16)35-25-24-23(27)20(13-31(24)30-15-29-25)17-8-10-19(28)11-9-17/h2*2-5,8-11,13,15-16,22H,6-7,12,14H2,1H3/t2*22-/m10/s1. The number of rotatable bonds is 18. The Kier molecular flexibility index (Phi) is 15.0. The quantitative estimate of drug-likeness (QED) is 0.0753. The van der Waals surface area contributed by atoms with Gasteiger partial charge in [-0.05, 0) is 128 Å². The Balaban J connectivity index is 0.000000174. The predicted molar refractivity (Wildman–Crippen MR) is 262 cm³/mol. The first-order valence-electron chi connectivity index (χ1n) is 22.5. The van der Waals surface area contributed by atoms with Crippen molar-refractivity contribution < 1.29 is 46.8 Å². The molecule has 4 aromatic heterocycles. The number of fused-ring (bicyclic) bond motifs is 2. The van der Waals surface area contributed by atoms with Crippen LogP contribution in [0.4, 0.5) is 8.78 Å². The molecule has 10 rings (SSSR count). The Labute approximate surface area is 418 Å². The molecule has 18 heteroatoms. The number of halogens is 4. The topological polar surface area (TPSA) is 150 Å². The van der Waals surface area contributed by atoms with Gasteiger partial charge in [0.25, 0.3) is 0 Å². The van der Waals surface area contributed by atoms with E-state index >= 15 is 0 Å². The van der Waals surface area contributed by atoms with Gasteiger partial charge in [0.2, 0.25) is 24.0 Å². The van der Waals surface area contributed by atoms with Gasteiger partial charge in [0, 0.05) is 36.4 Å². The van der Waals surface area contributed by atoms with Crippen molar-refractivity contribution in [2.75, 3.05) is 27.4 Å². The Morgan fingerprint density at radius 2 is 0.986 bits per heavy atom. The molecule has 2 fully saturated rings. The molecule has 2 aliphatic carbocycles. The molecule has 2 atom stereocenters. The minimum absolute atomic E-state index is 0.215. The number of carbonyl (C=O) groups is 2. The lowest BCUT2D eigenvalue weighted by atomic mass is 10.1. The van der Waals surface area contributed by atoms with Crippen LogP contribution in [-0.2, 0) is 31.9 Å². The van der Waals surface area contributed by atoms with Crippen molar-refractivity contribution in [3.05, 3.63) is 154 Å². The Bertz CT molecular complexity index is 2920. The third kappa shape index (κ3) is 11.4. The molecule has 0 spiro atoms. The molecular weight excluding hydrogens is 1030 g/mol. The maximum absolute atomic E-state index is 13.4. The number of esters is 2. The largest absolute Gasteiger partial charge is 0.493 e. The third-order valence-corrected chi connectivity index (χ3v) is 13.4. The number of para-hydroxylation sites is 2. The van der Waals surface area contributed by atoms with E-state index in [2.05, 4.69) is 52.0 Å². The molecule has 4 aromatic carbocycles. The molecule has 70 heavy (non-hydrogen) atoms. The van der Waals surface area contributed by atoms with Crippen LogP contribution >= 0.6 is 31.9 Å².